The highest BCUT2D eigenvalue weighted by atomic mass is 19.1. The molecule has 0 aliphatic rings. The van der Waals surface area contributed by atoms with Crippen LogP contribution >= 0.6 is 0 Å². The molecule has 0 aliphatic carbocycles. The van der Waals surface area contributed by atoms with E-state index in [1.807, 2.05) is 0 Å². The normalized spacial score (nSPS) is 12.1. The summed E-state index contributed by atoms with van der Waals surface area (Å²) in [5.41, 5.74) is 0.753. The third kappa shape index (κ3) is 3.88. The summed E-state index contributed by atoms with van der Waals surface area (Å²) in [7, 11) is 0. The van der Waals surface area contributed by atoms with Gasteiger partial charge in [0.2, 0.25) is 5.89 Å². The van der Waals surface area contributed by atoms with Crippen LogP contribution in [0.2, 0.25) is 0 Å². The molecule has 0 unspecified atom stereocenters. The van der Waals surface area contributed by atoms with Gasteiger partial charge in [0, 0.05) is 5.56 Å². The van der Waals surface area contributed by atoms with Crippen LogP contribution in [0.4, 0.5) is 4.39 Å². The molecule has 146 valence electrons. The fraction of sp³-hybridized carbons (Fsp3) is 0.150. The van der Waals surface area contributed by atoms with E-state index in [9.17, 15) is 14.0 Å². The van der Waals surface area contributed by atoms with Gasteiger partial charge < -0.3 is 9.15 Å². The highest BCUT2D eigenvalue weighted by molar-refractivity contribution is 5.77. The highest BCUT2D eigenvalue weighted by Crippen LogP contribution is 2.22. The first-order valence-electron chi connectivity index (χ1n) is 8.74. The zero-order chi connectivity index (χ0) is 20.4. The fourth-order valence-electron chi connectivity index (χ4n) is 2.75. The largest absolute Gasteiger partial charge is 0.451 e. The molecule has 2 aromatic heterocycles. The number of para-hydroxylation sites is 1. The molecule has 2 aromatic carbocycles. The Hall–Kier alpha value is -3.88. The summed E-state index contributed by atoms with van der Waals surface area (Å²) in [4.78, 5) is 28.9. The lowest BCUT2D eigenvalue weighted by atomic mass is 10.2. The van der Waals surface area contributed by atoms with E-state index < -0.39 is 12.1 Å². The Morgan fingerprint density at radius 2 is 1.93 bits per heavy atom. The number of esters is 1. The number of rotatable bonds is 5. The minimum atomic E-state index is -0.826. The lowest BCUT2D eigenvalue weighted by Crippen LogP contribution is -2.26. The molecule has 0 aliphatic heterocycles. The molecular formula is C20H15FN4O4. The van der Waals surface area contributed by atoms with E-state index in [1.165, 1.54) is 35.2 Å². The molecule has 0 bridgehead atoms. The summed E-state index contributed by atoms with van der Waals surface area (Å²) in [6.07, 6.45) is 0.476. The predicted octanol–water partition coefficient (Wildman–Crippen LogP) is 2.89. The van der Waals surface area contributed by atoms with Crippen molar-refractivity contribution in [1.82, 2.24) is 19.7 Å². The van der Waals surface area contributed by atoms with E-state index in [4.69, 9.17) is 9.15 Å². The molecule has 0 spiro atoms. The maximum atomic E-state index is 13.0. The van der Waals surface area contributed by atoms with Crippen LogP contribution in [0.25, 0.3) is 22.4 Å². The Morgan fingerprint density at radius 3 is 2.72 bits per heavy atom. The second-order valence-electron chi connectivity index (χ2n) is 6.28. The van der Waals surface area contributed by atoms with Gasteiger partial charge in [0.15, 0.2) is 6.10 Å². The van der Waals surface area contributed by atoms with Crippen molar-refractivity contribution < 1.29 is 18.3 Å². The number of fused-ring (bicyclic) bond motifs is 1. The van der Waals surface area contributed by atoms with E-state index in [1.54, 1.807) is 31.2 Å². The standard InChI is InChI=1S/C20H15FN4O4/c1-12(18-23-24-19(29-18)13-6-8-14(21)9-7-13)28-17(26)10-25-11-22-16-5-3-2-4-15(16)20(25)27/h2-9,11-12H,10H2,1H3/t12-/m1/s1. The number of halogens is 1. The van der Waals surface area contributed by atoms with Crippen LogP contribution in [-0.2, 0) is 16.1 Å². The fourth-order valence-corrected chi connectivity index (χ4v) is 2.75. The Balaban J connectivity index is 1.46. The second kappa shape index (κ2) is 7.63. The van der Waals surface area contributed by atoms with Crippen LogP contribution in [0, 0.1) is 5.82 Å². The number of aromatic nitrogens is 4. The minimum Gasteiger partial charge on any atom is -0.451 e. The van der Waals surface area contributed by atoms with Crippen LogP contribution in [0.15, 0.2) is 64.1 Å². The van der Waals surface area contributed by atoms with Gasteiger partial charge in [0.25, 0.3) is 11.4 Å². The van der Waals surface area contributed by atoms with Crippen molar-refractivity contribution in [3.8, 4) is 11.5 Å². The topological polar surface area (TPSA) is 100 Å². The zero-order valence-corrected chi connectivity index (χ0v) is 15.3. The summed E-state index contributed by atoms with van der Waals surface area (Å²) in [5, 5.41) is 8.16. The monoisotopic (exact) mass is 394 g/mol. The van der Waals surface area contributed by atoms with Crippen LogP contribution in [0.5, 0.6) is 0 Å². The summed E-state index contributed by atoms with van der Waals surface area (Å²) in [6.45, 7) is 1.27. The summed E-state index contributed by atoms with van der Waals surface area (Å²) in [5.74, 6) is -0.771. The molecule has 0 N–H and O–H groups in total. The molecule has 0 fully saturated rings. The molecule has 2 heterocycles. The maximum Gasteiger partial charge on any atom is 0.326 e. The SMILES string of the molecule is C[C@@H](OC(=O)Cn1cnc2ccccc2c1=O)c1nnc(-c2ccc(F)cc2)o1. The van der Waals surface area contributed by atoms with Crippen LogP contribution in [-0.4, -0.2) is 25.7 Å². The molecule has 1 atom stereocenters. The molecule has 0 saturated heterocycles. The van der Waals surface area contributed by atoms with E-state index in [0.29, 0.717) is 16.5 Å². The number of hydrogen-bond donors (Lipinski definition) is 0. The minimum absolute atomic E-state index is 0.0849. The number of carbonyl (C=O) groups excluding carboxylic acids is 1. The average molecular weight is 394 g/mol. The molecule has 9 heteroatoms. The molecule has 8 nitrogen and oxygen atoms in total. The lowest BCUT2D eigenvalue weighted by Gasteiger charge is -2.10. The van der Waals surface area contributed by atoms with Gasteiger partial charge in [0.05, 0.1) is 17.2 Å². The molecule has 0 saturated carbocycles. The van der Waals surface area contributed by atoms with Gasteiger partial charge in [-0.2, -0.15) is 0 Å². The number of nitrogens with zero attached hydrogens (tertiary/aromatic N) is 4. The van der Waals surface area contributed by atoms with Crippen LogP contribution < -0.4 is 5.56 Å². The molecule has 4 rings (SSSR count). The van der Waals surface area contributed by atoms with Gasteiger partial charge in [-0.15, -0.1) is 10.2 Å². The predicted molar refractivity (Wildman–Crippen MR) is 100 cm³/mol. The van der Waals surface area contributed by atoms with Crippen molar-refractivity contribution in [2.75, 3.05) is 0 Å². The number of hydrogen-bond acceptors (Lipinski definition) is 7. The summed E-state index contributed by atoms with van der Waals surface area (Å²) < 4.78 is 25.0. The number of benzene rings is 2. The molecule has 0 amide bonds. The van der Waals surface area contributed by atoms with Crippen molar-refractivity contribution in [3.63, 3.8) is 0 Å². The van der Waals surface area contributed by atoms with Gasteiger partial charge in [-0.1, -0.05) is 12.1 Å². The van der Waals surface area contributed by atoms with Crippen molar-refractivity contribution in [1.29, 1.82) is 0 Å². The third-order valence-electron chi connectivity index (χ3n) is 4.22. The Morgan fingerprint density at radius 1 is 1.17 bits per heavy atom. The van der Waals surface area contributed by atoms with Gasteiger partial charge in [-0.3, -0.25) is 14.2 Å². The number of ether oxygens (including phenoxy) is 1. The summed E-state index contributed by atoms with van der Waals surface area (Å²) >= 11 is 0. The second-order valence-corrected chi connectivity index (χ2v) is 6.28. The van der Waals surface area contributed by atoms with Crippen LogP contribution in [0.3, 0.4) is 0 Å². The first-order valence-corrected chi connectivity index (χ1v) is 8.74. The molecule has 4 aromatic rings. The zero-order valence-electron chi connectivity index (χ0n) is 15.3. The Labute approximate surface area is 163 Å². The van der Waals surface area contributed by atoms with Crippen LogP contribution in [0.1, 0.15) is 18.9 Å². The van der Waals surface area contributed by atoms with Gasteiger partial charge in [-0.05, 0) is 43.3 Å². The molecule has 29 heavy (non-hydrogen) atoms. The van der Waals surface area contributed by atoms with Crippen molar-refractivity contribution in [2.45, 2.75) is 19.6 Å². The molecular weight excluding hydrogens is 379 g/mol. The molecule has 0 radical (unpaired) electrons. The highest BCUT2D eigenvalue weighted by Gasteiger charge is 2.20. The van der Waals surface area contributed by atoms with Gasteiger partial charge in [0.1, 0.15) is 12.4 Å². The van der Waals surface area contributed by atoms with E-state index in [0.717, 1.165) is 0 Å². The smallest absolute Gasteiger partial charge is 0.326 e. The lowest BCUT2D eigenvalue weighted by molar-refractivity contribution is -0.150. The van der Waals surface area contributed by atoms with Gasteiger partial charge in [-0.25, -0.2) is 9.37 Å². The number of carbonyl (C=O) groups is 1. The Kier molecular flexibility index (Phi) is 4.86. The quantitative estimate of drug-likeness (QED) is 0.480. The van der Waals surface area contributed by atoms with Crippen molar-refractivity contribution >= 4 is 16.9 Å². The van der Waals surface area contributed by atoms with E-state index >= 15 is 0 Å². The van der Waals surface area contributed by atoms with E-state index in [2.05, 4.69) is 15.2 Å². The maximum absolute atomic E-state index is 13.0. The first kappa shape index (κ1) is 18.5. The van der Waals surface area contributed by atoms with Crippen molar-refractivity contribution in [2.24, 2.45) is 0 Å². The first-order chi connectivity index (χ1) is 14.0. The van der Waals surface area contributed by atoms with Gasteiger partial charge >= 0.3 is 5.97 Å². The van der Waals surface area contributed by atoms with Crippen molar-refractivity contribution in [3.05, 3.63) is 76.9 Å². The van der Waals surface area contributed by atoms with E-state index in [-0.39, 0.29) is 29.7 Å². The third-order valence-corrected chi connectivity index (χ3v) is 4.22. The summed E-state index contributed by atoms with van der Waals surface area (Å²) in [6, 6.07) is 12.4. The average Bonchev–Trinajstić information content (AvgIpc) is 3.21. The Bertz CT molecular complexity index is 1230.